The summed E-state index contributed by atoms with van der Waals surface area (Å²) in [5, 5.41) is 3.29. The molecular formula is C25H44N4O2. The molecule has 2 heterocycles. The maximum absolute atomic E-state index is 13.3. The van der Waals surface area contributed by atoms with E-state index >= 15 is 0 Å². The van der Waals surface area contributed by atoms with Crippen LogP contribution in [0.5, 0.6) is 0 Å². The van der Waals surface area contributed by atoms with E-state index in [1.54, 1.807) is 0 Å². The lowest BCUT2D eigenvalue weighted by molar-refractivity contribution is -0.141. The molecule has 4 fully saturated rings. The molecule has 0 aromatic carbocycles. The predicted molar refractivity (Wildman–Crippen MR) is 124 cm³/mol. The zero-order valence-corrected chi connectivity index (χ0v) is 19.7. The fraction of sp³-hybridized carbons (Fsp3) is 0.920. The average molecular weight is 433 g/mol. The Morgan fingerprint density at radius 3 is 2.23 bits per heavy atom. The average Bonchev–Trinajstić information content (AvgIpc) is 3.26. The van der Waals surface area contributed by atoms with Crippen molar-refractivity contribution >= 4 is 11.8 Å². The van der Waals surface area contributed by atoms with Crippen LogP contribution < -0.4 is 5.32 Å². The number of amides is 2. The van der Waals surface area contributed by atoms with Gasteiger partial charge in [-0.3, -0.25) is 14.5 Å². The van der Waals surface area contributed by atoms with E-state index in [2.05, 4.69) is 26.9 Å². The summed E-state index contributed by atoms with van der Waals surface area (Å²) in [5.74, 6) is 1.36. The Morgan fingerprint density at radius 1 is 0.871 bits per heavy atom. The van der Waals surface area contributed by atoms with Gasteiger partial charge in [-0.2, -0.15) is 0 Å². The van der Waals surface area contributed by atoms with Gasteiger partial charge in [0.1, 0.15) is 0 Å². The van der Waals surface area contributed by atoms with Crippen molar-refractivity contribution in [2.75, 3.05) is 45.8 Å². The molecule has 4 rings (SSSR count). The van der Waals surface area contributed by atoms with Gasteiger partial charge in [0.2, 0.25) is 11.8 Å². The monoisotopic (exact) mass is 432 g/mol. The largest absolute Gasteiger partial charge is 0.355 e. The van der Waals surface area contributed by atoms with Crippen molar-refractivity contribution < 1.29 is 9.59 Å². The fourth-order valence-electron chi connectivity index (χ4n) is 6.17. The first-order valence-corrected chi connectivity index (χ1v) is 13.2. The normalized spacial score (nSPS) is 27.8. The fourth-order valence-corrected chi connectivity index (χ4v) is 6.17. The molecule has 2 saturated carbocycles. The van der Waals surface area contributed by atoms with Crippen LogP contribution in [0.4, 0.5) is 0 Å². The van der Waals surface area contributed by atoms with Gasteiger partial charge in [0.25, 0.3) is 0 Å². The third-order valence-corrected chi connectivity index (χ3v) is 8.45. The Bertz CT molecular complexity index is 594. The number of nitrogens with one attached hydrogen (secondary N) is 1. The molecule has 0 aromatic rings. The summed E-state index contributed by atoms with van der Waals surface area (Å²) in [6.45, 7) is 8.70. The number of hydrogen-bond acceptors (Lipinski definition) is 4. The van der Waals surface area contributed by atoms with Gasteiger partial charge in [-0.25, -0.2) is 0 Å². The maximum Gasteiger partial charge on any atom is 0.237 e. The molecule has 0 bridgehead atoms. The molecule has 176 valence electrons. The van der Waals surface area contributed by atoms with Crippen LogP contribution in [-0.4, -0.2) is 84.4 Å². The van der Waals surface area contributed by atoms with Gasteiger partial charge in [0.05, 0.1) is 6.04 Å². The molecule has 31 heavy (non-hydrogen) atoms. The molecule has 6 heteroatoms. The number of piperazine rings is 1. The van der Waals surface area contributed by atoms with Crippen molar-refractivity contribution in [1.82, 2.24) is 20.0 Å². The zero-order valence-electron chi connectivity index (χ0n) is 19.7. The van der Waals surface area contributed by atoms with Gasteiger partial charge in [-0.1, -0.05) is 25.7 Å². The van der Waals surface area contributed by atoms with Crippen LogP contribution in [0.3, 0.4) is 0 Å². The lowest BCUT2D eigenvalue weighted by Crippen LogP contribution is -2.58. The van der Waals surface area contributed by atoms with Crippen LogP contribution in [0.15, 0.2) is 0 Å². The first-order valence-electron chi connectivity index (χ1n) is 13.2. The third-order valence-electron chi connectivity index (χ3n) is 8.45. The third kappa shape index (κ3) is 5.81. The molecule has 1 N–H and O–H groups in total. The van der Waals surface area contributed by atoms with E-state index in [1.165, 1.54) is 57.9 Å². The minimum absolute atomic E-state index is 0.00244. The van der Waals surface area contributed by atoms with Gasteiger partial charge < -0.3 is 15.1 Å². The van der Waals surface area contributed by atoms with Crippen molar-refractivity contribution in [3.8, 4) is 0 Å². The highest BCUT2D eigenvalue weighted by molar-refractivity contribution is 5.82. The molecule has 2 amide bonds. The standard InChI is InChI=1S/C25H44N4O2/c1-20-8-4-5-14-27(20)15-7-13-26-24(30)23(21-9-2-3-10-21)28-16-18-29(19-17-28)25(31)22-11-6-12-22/h20-23H,2-19H2,1H3,(H,26,30)/t20-,23-/m0/s1. The molecule has 2 aliphatic carbocycles. The van der Waals surface area contributed by atoms with Gasteiger partial charge in [-0.05, 0) is 64.3 Å². The number of likely N-dealkylation sites (tertiary alicyclic amines) is 1. The van der Waals surface area contributed by atoms with Crippen molar-refractivity contribution in [2.45, 2.75) is 89.6 Å². The molecular weight excluding hydrogens is 388 g/mol. The molecule has 0 aromatic heterocycles. The highest BCUT2D eigenvalue weighted by Gasteiger charge is 2.38. The molecule has 2 aliphatic heterocycles. The van der Waals surface area contributed by atoms with Crippen LogP contribution >= 0.6 is 0 Å². The summed E-state index contributed by atoms with van der Waals surface area (Å²) in [4.78, 5) is 32.9. The minimum atomic E-state index is -0.00244. The number of carbonyl (C=O) groups excluding carboxylic acids is 2. The van der Waals surface area contributed by atoms with E-state index in [0.29, 0.717) is 17.9 Å². The Labute approximate surface area is 189 Å². The summed E-state index contributed by atoms with van der Waals surface area (Å²) < 4.78 is 0. The van der Waals surface area contributed by atoms with Crippen LogP contribution in [0.25, 0.3) is 0 Å². The number of carbonyl (C=O) groups is 2. The predicted octanol–water partition coefficient (Wildman–Crippen LogP) is 2.87. The number of rotatable bonds is 8. The molecule has 4 aliphatic rings. The summed E-state index contributed by atoms with van der Waals surface area (Å²) in [6.07, 6.45) is 13.2. The topological polar surface area (TPSA) is 55.9 Å². The van der Waals surface area contributed by atoms with E-state index in [1.807, 2.05) is 0 Å². The second-order valence-electron chi connectivity index (χ2n) is 10.5. The van der Waals surface area contributed by atoms with Crippen LogP contribution in [-0.2, 0) is 9.59 Å². The number of hydrogen-bond donors (Lipinski definition) is 1. The van der Waals surface area contributed by atoms with Crippen LogP contribution in [0, 0.1) is 11.8 Å². The van der Waals surface area contributed by atoms with Gasteiger partial charge in [0, 0.05) is 51.2 Å². The molecule has 2 saturated heterocycles. The highest BCUT2D eigenvalue weighted by Crippen LogP contribution is 2.32. The van der Waals surface area contributed by atoms with E-state index in [9.17, 15) is 9.59 Å². The first-order chi connectivity index (χ1) is 15.1. The lowest BCUT2D eigenvalue weighted by Gasteiger charge is -2.42. The summed E-state index contributed by atoms with van der Waals surface area (Å²) in [5.41, 5.74) is 0. The first kappa shape index (κ1) is 23.0. The van der Waals surface area contributed by atoms with E-state index in [-0.39, 0.29) is 17.9 Å². The smallest absolute Gasteiger partial charge is 0.237 e. The zero-order chi connectivity index (χ0) is 21.6. The Balaban J connectivity index is 1.25. The lowest BCUT2D eigenvalue weighted by atomic mass is 9.84. The molecule has 0 spiro atoms. The van der Waals surface area contributed by atoms with E-state index < -0.39 is 0 Å². The Kier molecular flexibility index (Phi) is 8.27. The van der Waals surface area contributed by atoms with Gasteiger partial charge >= 0.3 is 0 Å². The molecule has 2 atom stereocenters. The van der Waals surface area contributed by atoms with Gasteiger partial charge in [-0.15, -0.1) is 0 Å². The van der Waals surface area contributed by atoms with E-state index in [0.717, 1.165) is 58.5 Å². The number of piperidine rings is 1. The Hall–Kier alpha value is -1.14. The van der Waals surface area contributed by atoms with Crippen LogP contribution in [0.1, 0.15) is 77.6 Å². The van der Waals surface area contributed by atoms with Crippen molar-refractivity contribution in [3.63, 3.8) is 0 Å². The summed E-state index contributed by atoms with van der Waals surface area (Å²) in [6, 6.07) is 0.687. The molecule has 0 radical (unpaired) electrons. The van der Waals surface area contributed by atoms with Crippen molar-refractivity contribution in [1.29, 1.82) is 0 Å². The minimum Gasteiger partial charge on any atom is -0.355 e. The van der Waals surface area contributed by atoms with Gasteiger partial charge in [0.15, 0.2) is 0 Å². The maximum atomic E-state index is 13.3. The van der Waals surface area contributed by atoms with Crippen LogP contribution in [0.2, 0.25) is 0 Å². The quantitative estimate of drug-likeness (QED) is 0.599. The van der Waals surface area contributed by atoms with Crippen molar-refractivity contribution in [2.24, 2.45) is 11.8 Å². The number of nitrogens with zero attached hydrogens (tertiary/aromatic N) is 3. The summed E-state index contributed by atoms with van der Waals surface area (Å²) in [7, 11) is 0. The second-order valence-corrected chi connectivity index (χ2v) is 10.5. The second kappa shape index (κ2) is 11.1. The molecule has 6 nitrogen and oxygen atoms in total. The molecule has 0 unspecified atom stereocenters. The summed E-state index contributed by atoms with van der Waals surface area (Å²) >= 11 is 0. The Morgan fingerprint density at radius 2 is 1.58 bits per heavy atom. The highest BCUT2D eigenvalue weighted by atomic mass is 16.2. The van der Waals surface area contributed by atoms with E-state index in [4.69, 9.17) is 0 Å². The SMILES string of the molecule is C[C@H]1CCCCN1CCCNC(=O)[C@H](C1CCCC1)N1CCN(C(=O)C2CCC2)CC1. The van der Waals surface area contributed by atoms with Crippen molar-refractivity contribution in [3.05, 3.63) is 0 Å².